The van der Waals surface area contributed by atoms with Gasteiger partial charge in [0.2, 0.25) is 5.91 Å². The molecule has 160 valence electrons. The van der Waals surface area contributed by atoms with Crippen LogP contribution in [0.15, 0.2) is 69.0 Å². The number of amides is 1. The zero-order valence-corrected chi connectivity index (χ0v) is 18.9. The van der Waals surface area contributed by atoms with Crippen molar-refractivity contribution in [2.45, 2.75) is 11.7 Å². The zero-order valence-electron chi connectivity index (χ0n) is 16.5. The molecule has 10 heteroatoms. The van der Waals surface area contributed by atoms with Crippen molar-refractivity contribution in [3.8, 4) is 17.4 Å². The number of fused-ring (bicyclic) bond motifs is 1. The standard InChI is InChI=1S/C22H15ClN4O3S2/c1-2-7-27-21(29)19-15(17-4-3-8-30-17)11-31-20(19)26-22(27)32-12-18(28)25-16-9-14(23)6-5-13(16)10-24/h2-6,8-9,11H,1,7,12H2,(H,25,28). The van der Waals surface area contributed by atoms with Crippen LogP contribution in [-0.2, 0) is 11.3 Å². The van der Waals surface area contributed by atoms with Crippen LogP contribution < -0.4 is 10.9 Å². The van der Waals surface area contributed by atoms with Gasteiger partial charge < -0.3 is 9.73 Å². The van der Waals surface area contributed by atoms with E-state index in [2.05, 4.69) is 16.9 Å². The lowest BCUT2D eigenvalue weighted by Crippen LogP contribution is -2.23. The van der Waals surface area contributed by atoms with E-state index >= 15 is 0 Å². The van der Waals surface area contributed by atoms with Gasteiger partial charge in [-0.15, -0.1) is 17.9 Å². The van der Waals surface area contributed by atoms with Crippen molar-refractivity contribution in [1.29, 1.82) is 5.26 Å². The van der Waals surface area contributed by atoms with E-state index in [1.54, 1.807) is 30.5 Å². The molecule has 0 aliphatic heterocycles. The van der Waals surface area contributed by atoms with Gasteiger partial charge in [-0.05, 0) is 30.3 Å². The Labute approximate surface area is 196 Å². The summed E-state index contributed by atoms with van der Waals surface area (Å²) in [7, 11) is 0. The Kier molecular flexibility index (Phi) is 6.46. The number of hydrogen-bond acceptors (Lipinski definition) is 7. The number of furan rings is 1. The Balaban J connectivity index is 1.62. The monoisotopic (exact) mass is 482 g/mol. The van der Waals surface area contributed by atoms with Crippen LogP contribution in [0, 0.1) is 11.3 Å². The quantitative estimate of drug-likeness (QED) is 0.222. The Morgan fingerprint density at radius 1 is 1.44 bits per heavy atom. The van der Waals surface area contributed by atoms with Crippen molar-refractivity contribution in [1.82, 2.24) is 9.55 Å². The van der Waals surface area contributed by atoms with Gasteiger partial charge in [0, 0.05) is 22.5 Å². The Morgan fingerprint density at radius 3 is 3.00 bits per heavy atom. The zero-order chi connectivity index (χ0) is 22.7. The largest absolute Gasteiger partial charge is 0.464 e. The van der Waals surface area contributed by atoms with E-state index in [1.807, 2.05) is 11.4 Å². The molecule has 0 atom stereocenters. The number of carbonyl (C=O) groups is 1. The van der Waals surface area contributed by atoms with Crippen molar-refractivity contribution in [3.63, 3.8) is 0 Å². The third-order valence-electron chi connectivity index (χ3n) is 4.47. The van der Waals surface area contributed by atoms with E-state index in [-0.39, 0.29) is 23.8 Å². The average molecular weight is 483 g/mol. The lowest BCUT2D eigenvalue weighted by atomic mass is 10.2. The molecule has 0 fully saturated rings. The fourth-order valence-electron chi connectivity index (χ4n) is 3.05. The first-order chi connectivity index (χ1) is 15.5. The van der Waals surface area contributed by atoms with Gasteiger partial charge in [0.1, 0.15) is 16.7 Å². The number of aromatic nitrogens is 2. The number of thiophene rings is 1. The normalized spacial score (nSPS) is 10.8. The molecular weight excluding hydrogens is 468 g/mol. The second kappa shape index (κ2) is 9.44. The minimum absolute atomic E-state index is 0.0110. The van der Waals surface area contributed by atoms with Crippen LogP contribution in [0.2, 0.25) is 5.02 Å². The third-order valence-corrected chi connectivity index (χ3v) is 6.55. The average Bonchev–Trinajstić information content (AvgIpc) is 3.44. The molecule has 0 bridgehead atoms. The SMILES string of the molecule is C=CCn1c(SCC(=O)Nc2cc(Cl)ccc2C#N)nc2scc(-c3ccco3)c2c1=O. The van der Waals surface area contributed by atoms with Crippen LogP contribution in [0.5, 0.6) is 0 Å². The highest BCUT2D eigenvalue weighted by atomic mass is 35.5. The molecule has 7 nitrogen and oxygen atoms in total. The first kappa shape index (κ1) is 21.9. The van der Waals surface area contributed by atoms with Gasteiger partial charge >= 0.3 is 0 Å². The van der Waals surface area contributed by atoms with Crippen LogP contribution >= 0.6 is 34.7 Å². The summed E-state index contributed by atoms with van der Waals surface area (Å²) in [6.07, 6.45) is 3.15. The Bertz CT molecular complexity index is 1420. The molecule has 4 aromatic rings. The highest BCUT2D eigenvalue weighted by molar-refractivity contribution is 7.99. The molecule has 1 aromatic carbocycles. The summed E-state index contributed by atoms with van der Waals surface area (Å²) in [5.41, 5.74) is 1.09. The molecule has 32 heavy (non-hydrogen) atoms. The molecule has 1 amide bonds. The minimum Gasteiger partial charge on any atom is -0.464 e. The topological polar surface area (TPSA) is 101 Å². The summed E-state index contributed by atoms with van der Waals surface area (Å²) in [6, 6.07) is 10.2. The second-order valence-corrected chi connectivity index (χ2v) is 8.78. The molecule has 4 rings (SSSR count). The predicted octanol–water partition coefficient (Wildman–Crippen LogP) is 5.16. The van der Waals surface area contributed by atoms with Crippen molar-refractivity contribution in [2.75, 3.05) is 11.1 Å². The van der Waals surface area contributed by atoms with Crippen LogP contribution in [-0.4, -0.2) is 21.2 Å². The van der Waals surface area contributed by atoms with Gasteiger partial charge in [-0.1, -0.05) is 29.4 Å². The van der Waals surface area contributed by atoms with Crippen molar-refractivity contribution < 1.29 is 9.21 Å². The number of nitriles is 1. The molecule has 0 unspecified atom stereocenters. The number of hydrogen-bond donors (Lipinski definition) is 1. The predicted molar refractivity (Wildman–Crippen MR) is 127 cm³/mol. The molecule has 0 saturated carbocycles. The number of halogens is 1. The van der Waals surface area contributed by atoms with Crippen LogP contribution in [0.3, 0.4) is 0 Å². The maximum Gasteiger partial charge on any atom is 0.263 e. The Hall–Kier alpha value is -3.32. The van der Waals surface area contributed by atoms with E-state index in [0.717, 1.165) is 11.8 Å². The third kappa shape index (κ3) is 4.34. The van der Waals surface area contributed by atoms with Crippen molar-refractivity contribution >= 4 is 56.5 Å². The molecule has 0 radical (unpaired) electrons. The number of thioether (sulfide) groups is 1. The van der Waals surface area contributed by atoms with E-state index in [0.29, 0.717) is 43.0 Å². The van der Waals surface area contributed by atoms with Gasteiger partial charge in [0.15, 0.2) is 5.16 Å². The number of carbonyl (C=O) groups excluding carboxylic acids is 1. The molecule has 0 saturated heterocycles. The summed E-state index contributed by atoms with van der Waals surface area (Å²) < 4.78 is 6.93. The summed E-state index contributed by atoms with van der Waals surface area (Å²) >= 11 is 8.43. The maximum absolute atomic E-state index is 13.2. The minimum atomic E-state index is -0.351. The fourth-order valence-corrected chi connectivity index (χ4v) is 5.00. The van der Waals surface area contributed by atoms with E-state index in [1.165, 1.54) is 28.0 Å². The van der Waals surface area contributed by atoms with Crippen molar-refractivity contribution in [2.24, 2.45) is 0 Å². The van der Waals surface area contributed by atoms with E-state index in [9.17, 15) is 14.9 Å². The fraction of sp³-hybridized carbons (Fsp3) is 0.0909. The summed E-state index contributed by atoms with van der Waals surface area (Å²) in [5, 5.41) is 15.0. The summed E-state index contributed by atoms with van der Waals surface area (Å²) in [5.74, 6) is 0.230. The van der Waals surface area contributed by atoms with E-state index < -0.39 is 0 Å². The number of benzene rings is 1. The summed E-state index contributed by atoms with van der Waals surface area (Å²) in [4.78, 5) is 30.9. The highest BCUT2D eigenvalue weighted by Crippen LogP contribution is 2.32. The van der Waals surface area contributed by atoms with Crippen LogP contribution in [0.25, 0.3) is 21.5 Å². The number of nitrogens with one attached hydrogen (secondary N) is 1. The number of nitrogens with zero attached hydrogens (tertiary/aromatic N) is 3. The molecule has 0 spiro atoms. The smallest absolute Gasteiger partial charge is 0.263 e. The molecule has 3 aromatic heterocycles. The number of anilines is 1. The lowest BCUT2D eigenvalue weighted by molar-refractivity contribution is -0.113. The molecule has 1 N–H and O–H groups in total. The first-order valence-corrected chi connectivity index (χ1v) is 11.5. The van der Waals surface area contributed by atoms with Crippen molar-refractivity contribution in [3.05, 3.63) is 75.6 Å². The van der Waals surface area contributed by atoms with Gasteiger partial charge in [0.05, 0.1) is 28.7 Å². The first-order valence-electron chi connectivity index (χ1n) is 9.31. The van der Waals surface area contributed by atoms with Gasteiger partial charge in [-0.3, -0.25) is 14.2 Å². The molecule has 0 aliphatic rings. The van der Waals surface area contributed by atoms with Gasteiger partial charge in [-0.2, -0.15) is 5.26 Å². The lowest BCUT2D eigenvalue weighted by Gasteiger charge is -2.11. The summed E-state index contributed by atoms with van der Waals surface area (Å²) in [6.45, 7) is 3.96. The number of rotatable bonds is 7. The van der Waals surface area contributed by atoms with Crippen LogP contribution in [0.1, 0.15) is 5.56 Å². The van der Waals surface area contributed by atoms with Gasteiger partial charge in [-0.25, -0.2) is 4.98 Å². The second-order valence-electron chi connectivity index (χ2n) is 6.54. The van der Waals surface area contributed by atoms with E-state index in [4.69, 9.17) is 16.0 Å². The van der Waals surface area contributed by atoms with Gasteiger partial charge in [0.25, 0.3) is 5.56 Å². The maximum atomic E-state index is 13.2. The molecule has 3 heterocycles. The Morgan fingerprint density at radius 2 is 2.28 bits per heavy atom. The molecular formula is C22H15ClN4O3S2. The number of allylic oxidation sites excluding steroid dienone is 1. The highest BCUT2D eigenvalue weighted by Gasteiger charge is 2.19. The van der Waals surface area contributed by atoms with Crippen LogP contribution in [0.4, 0.5) is 5.69 Å². The molecule has 0 aliphatic carbocycles.